The van der Waals surface area contributed by atoms with Crippen molar-refractivity contribution in [2.24, 2.45) is 0 Å². The van der Waals surface area contributed by atoms with Crippen LogP contribution in [0.3, 0.4) is 0 Å². The number of hydrogen-bond donors (Lipinski definition) is 2. The van der Waals surface area contributed by atoms with E-state index in [1.165, 1.54) is 5.39 Å². The monoisotopic (exact) mass is 349 g/mol. The van der Waals surface area contributed by atoms with E-state index in [1.54, 1.807) is 0 Å². The van der Waals surface area contributed by atoms with Crippen LogP contribution in [-0.4, -0.2) is 29.7 Å². The minimum atomic E-state index is -0.529. The van der Waals surface area contributed by atoms with Gasteiger partial charge in [0.2, 0.25) is 0 Å². The van der Waals surface area contributed by atoms with Crippen molar-refractivity contribution in [3.8, 4) is 0 Å². The molecule has 0 aliphatic rings. The van der Waals surface area contributed by atoms with Crippen LogP contribution in [0.1, 0.15) is 31.1 Å². The lowest BCUT2D eigenvalue weighted by Gasteiger charge is -2.22. The third kappa shape index (κ3) is 4.40. The second kappa shape index (κ2) is 8.30. The predicted molar refractivity (Wildman–Crippen MR) is 108 cm³/mol. The first-order valence-corrected chi connectivity index (χ1v) is 9.10. The Labute approximate surface area is 155 Å². The van der Waals surface area contributed by atoms with E-state index in [0.29, 0.717) is 19.1 Å². The number of aliphatic hydroxyl groups excluding tert-OH is 1. The average molecular weight is 349 g/mol. The van der Waals surface area contributed by atoms with Crippen LogP contribution < -0.4 is 10.2 Å². The molecule has 1 atom stereocenters. The maximum absolute atomic E-state index is 10.5. The molecule has 0 saturated heterocycles. The zero-order valence-corrected chi connectivity index (χ0v) is 15.7. The zero-order valence-electron chi connectivity index (χ0n) is 15.7. The molecule has 4 heteroatoms. The summed E-state index contributed by atoms with van der Waals surface area (Å²) in [6, 6.07) is 18.8. The normalized spacial score (nSPS) is 12.5. The van der Waals surface area contributed by atoms with E-state index >= 15 is 0 Å². The maximum atomic E-state index is 10.5. The van der Waals surface area contributed by atoms with Crippen molar-refractivity contribution in [1.29, 1.82) is 0 Å². The summed E-state index contributed by atoms with van der Waals surface area (Å²) in [6.45, 7) is 5.48. The van der Waals surface area contributed by atoms with E-state index in [2.05, 4.69) is 59.4 Å². The van der Waals surface area contributed by atoms with Crippen molar-refractivity contribution in [1.82, 2.24) is 10.3 Å². The molecule has 0 unspecified atom stereocenters. The Morgan fingerprint density at radius 3 is 2.50 bits per heavy atom. The summed E-state index contributed by atoms with van der Waals surface area (Å²) in [7, 11) is 2.05. The van der Waals surface area contributed by atoms with E-state index in [1.807, 2.05) is 37.5 Å². The van der Waals surface area contributed by atoms with Gasteiger partial charge in [0.15, 0.2) is 0 Å². The van der Waals surface area contributed by atoms with E-state index in [-0.39, 0.29) is 0 Å². The Morgan fingerprint density at radius 1 is 1.04 bits per heavy atom. The number of hydrogen-bond acceptors (Lipinski definition) is 4. The molecule has 3 aromatic rings. The van der Waals surface area contributed by atoms with Crippen LogP contribution in [-0.2, 0) is 6.54 Å². The number of nitrogens with zero attached hydrogens (tertiary/aromatic N) is 2. The Bertz CT molecular complexity index is 845. The first-order chi connectivity index (χ1) is 12.5. The van der Waals surface area contributed by atoms with Crippen LogP contribution >= 0.6 is 0 Å². The number of aromatic nitrogens is 1. The summed E-state index contributed by atoms with van der Waals surface area (Å²) >= 11 is 0. The Hall–Kier alpha value is -2.43. The van der Waals surface area contributed by atoms with Crippen LogP contribution in [0.4, 0.5) is 5.82 Å². The topological polar surface area (TPSA) is 48.4 Å². The second-order valence-electron chi connectivity index (χ2n) is 6.98. The fourth-order valence-electron chi connectivity index (χ4n) is 2.88. The van der Waals surface area contributed by atoms with E-state index in [4.69, 9.17) is 0 Å². The molecule has 3 rings (SSSR count). The van der Waals surface area contributed by atoms with Crippen LogP contribution in [0.2, 0.25) is 0 Å². The van der Waals surface area contributed by atoms with Gasteiger partial charge in [-0.05, 0) is 47.9 Å². The number of rotatable bonds is 7. The first-order valence-electron chi connectivity index (χ1n) is 9.10. The third-order valence-electron chi connectivity index (χ3n) is 4.77. The lowest BCUT2D eigenvalue weighted by molar-refractivity contribution is 0.174. The molecule has 1 aromatic heterocycles. The van der Waals surface area contributed by atoms with Crippen molar-refractivity contribution in [3.05, 3.63) is 71.9 Å². The number of pyridine rings is 1. The minimum Gasteiger partial charge on any atom is -0.387 e. The highest BCUT2D eigenvalue weighted by molar-refractivity contribution is 5.83. The van der Waals surface area contributed by atoms with Crippen molar-refractivity contribution < 1.29 is 5.11 Å². The molecule has 0 aliphatic heterocycles. The fraction of sp³-hybridized carbons (Fsp3) is 0.318. The molecule has 0 bridgehead atoms. The van der Waals surface area contributed by atoms with Crippen molar-refractivity contribution in [2.75, 3.05) is 18.5 Å². The highest BCUT2D eigenvalue weighted by Gasteiger charge is 2.09. The van der Waals surface area contributed by atoms with Crippen LogP contribution in [0.5, 0.6) is 0 Å². The van der Waals surface area contributed by atoms with E-state index in [0.717, 1.165) is 22.3 Å². The molecule has 1 heterocycles. The fourth-order valence-corrected chi connectivity index (χ4v) is 2.88. The number of nitrogens with one attached hydrogen (secondary N) is 1. The third-order valence-corrected chi connectivity index (χ3v) is 4.77. The molecule has 136 valence electrons. The number of fused-ring (bicyclic) bond motifs is 1. The van der Waals surface area contributed by atoms with Crippen molar-refractivity contribution in [2.45, 2.75) is 32.5 Å². The van der Waals surface area contributed by atoms with Crippen LogP contribution in [0, 0.1) is 0 Å². The number of aliphatic hydroxyl groups is 1. The van der Waals surface area contributed by atoms with Crippen LogP contribution in [0.15, 0.2) is 60.8 Å². The highest BCUT2D eigenvalue weighted by Crippen LogP contribution is 2.20. The zero-order chi connectivity index (χ0) is 18.5. The molecule has 2 N–H and O–H groups in total. The van der Waals surface area contributed by atoms with Gasteiger partial charge >= 0.3 is 0 Å². The molecule has 4 nitrogen and oxygen atoms in total. The molecule has 0 spiro atoms. The van der Waals surface area contributed by atoms with Crippen molar-refractivity contribution >= 4 is 16.6 Å². The SMILES string of the molecule is CC(C)N(C)c1ccc(CNC[C@H](O)c2ccc3ccccc3c2)cn1. The largest absolute Gasteiger partial charge is 0.387 e. The molecular weight excluding hydrogens is 322 g/mol. The number of anilines is 1. The summed E-state index contributed by atoms with van der Waals surface area (Å²) in [5.74, 6) is 0.972. The first kappa shape index (κ1) is 18.4. The molecule has 26 heavy (non-hydrogen) atoms. The lowest BCUT2D eigenvalue weighted by Crippen LogP contribution is -2.26. The molecule has 0 aliphatic carbocycles. The summed E-state index contributed by atoms with van der Waals surface area (Å²) in [5, 5.41) is 16.1. The minimum absolute atomic E-state index is 0.420. The molecule has 0 radical (unpaired) electrons. The van der Waals surface area contributed by atoms with Gasteiger partial charge < -0.3 is 15.3 Å². The Kier molecular flexibility index (Phi) is 5.86. The molecule has 0 fully saturated rings. The molecular formula is C22H27N3O. The van der Waals surface area contributed by atoms with E-state index in [9.17, 15) is 5.11 Å². The molecule has 0 amide bonds. The Balaban J connectivity index is 1.55. The summed E-state index contributed by atoms with van der Waals surface area (Å²) in [4.78, 5) is 6.65. The summed E-state index contributed by atoms with van der Waals surface area (Å²) in [6.07, 6.45) is 1.36. The Morgan fingerprint density at radius 2 is 1.81 bits per heavy atom. The highest BCUT2D eigenvalue weighted by atomic mass is 16.3. The van der Waals surface area contributed by atoms with Gasteiger partial charge in [-0.25, -0.2) is 4.98 Å². The van der Waals surface area contributed by atoms with Gasteiger partial charge in [-0.15, -0.1) is 0 Å². The standard InChI is InChI=1S/C22H27N3O/c1-16(2)25(3)22-11-8-17(14-24-22)13-23-15-21(26)20-10-9-18-6-4-5-7-19(18)12-20/h4-12,14,16,21,23,26H,13,15H2,1-3H3/t21-/m0/s1. The van der Waals surface area contributed by atoms with Gasteiger partial charge in [0.1, 0.15) is 5.82 Å². The van der Waals surface area contributed by atoms with Gasteiger partial charge in [0, 0.05) is 32.4 Å². The van der Waals surface area contributed by atoms with Gasteiger partial charge in [-0.2, -0.15) is 0 Å². The smallest absolute Gasteiger partial charge is 0.128 e. The quantitative estimate of drug-likeness (QED) is 0.679. The van der Waals surface area contributed by atoms with E-state index < -0.39 is 6.10 Å². The summed E-state index contributed by atoms with van der Waals surface area (Å²) < 4.78 is 0. The molecule has 0 saturated carbocycles. The number of benzene rings is 2. The predicted octanol–water partition coefficient (Wildman–Crippen LogP) is 3.90. The van der Waals surface area contributed by atoms with Gasteiger partial charge in [-0.3, -0.25) is 0 Å². The van der Waals surface area contributed by atoms with Crippen molar-refractivity contribution in [3.63, 3.8) is 0 Å². The van der Waals surface area contributed by atoms with Gasteiger partial charge in [0.25, 0.3) is 0 Å². The van der Waals surface area contributed by atoms with Crippen LogP contribution in [0.25, 0.3) is 10.8 Å². The summed E-state index contributed by atoms with van der Waals surface area (Å²) in [5.41, 5.74) is 2.04. The second-order valence-corrected chi connectivity index (χ2v) is 6.98. The van der Waals surface area contributed by atoms with Gasteiger partial charge in [-0.1, -0.05) is 42.5 Å². The molecule has 2 aromatic carbocycles. The van der Waals surface area contributed by atoms with Gasteiger partial charge in [0.05, 0.1) is 6.10 Å². The lowest BCUT2D eigenvalue weighted by atomic mass is 10.0. The maximum Gasteiger partial charge on any atom is 0.128 e. The average Bonchev–Trinajstić information content (AvgIpc) is 2.67.